The number of aromatic nitrogens is 2. The van der Waals surface area contributed by atoms with Crippen molar-refractivity contribution in [3.63, 3.8) is 0 Å². The summed E-state index contributed by atoms with van der Waals surface area (Å²) in [5.41, 5.74) is 1.37. The van der Waals surface area contributed by atoms with Crippen molar-refractivity contribution in [2.24, 2.45) is 0 Å². The zero-order valence-corrected chi connectivity index (χ0v) is 12.0. The van der Waals surface area contributed by atoms with Crippen molar-refractivity contribution in [2.75, 3.05) is 5.32 Å². The van der Waals surface area contributed by atoms with Gasteiger partial charge < -0.3 is 0 Å². The second kappa shape index (κ2) is 5.07. The van der Waals surface area contributed by atoms with E-state index in [0.29, 0.717) is 10.7 Å². The molecule has 3 rings (SSSR count). The van der Waals surface area contributed by atoms with E-state index in [4.69, 9.17) is 0 Å². The van der Waals surface area contributed by atoms with Gasteiger partial charge in [-0.15, -0.1) is 0 Å². The highest BCUT2D eigenvalue weighted by atomic mass is 79.9. The maximum Gasteiger partial charge on any atom is 0.259 e. The Labute approximate surface area is 121 Å². The molecular formula is C13H8BrN3OS. The van der Waals surface area contributed by atoms with Crippen LogP contribution in [0.5, 0.6) is 0 Å². The molecule has 0 aliphatic heterocycles. The highest BCUT2D eigenvalue weighted by Crippen LogP contribution is 2.30. The first kappa shape index (κ1) is 12.3. The van der Waals surface area contributed by atoms with Crippen molar-refractivity contribution in [1.82, 2.24) is 9.97 Å². The first-order valence-corrected chi connectivity index (χ1v) is 7.11. The molecule has 0 atom stereocenters. The van der Waals surface area contributed by atoms with Gasteiger partial charge in [-0.3, -0.25) is 15.1 Å². The Morgan fingerprint density at radius 2 is 2.16 bits per heavy atom. The van der Waals surface area contributed by atoms with Gasteiger partial charge in [-0.25, -0.2) is 4.98 Å². The Morgan fingerprint density at radius 1 is 1.26 bits per heavy atom. The van der Waals surface area contributed by atoms with Crippen molar-refractivity contribution in [1.29, 1.82) is 0 Å². The van der Waals surface area contributed by atoms with Crippen molar-refractivity contribution in [3.8, 4) is 0 Å². The number of thiazole rings is 1. The van der Waals surface area contributed by atoms with Crippen LogP contribution in [-0.2, 0) is 0 Å². The third-order valence-corrected chi connectivity index (χ3v) is 4.09. The Balaban J connectivity index is 1.90. The molecule has 0 saturated carbocycles. The van der Waals surface area contributed by atoms with Gasteiger partial charge in [0.15, 0.2) is 5.13 Å². The van der Waals surface area contributed by atoms with E-state index in [2.05, 4.69) is 31.2 Å². The quantitative estimate of drug-likeness (QED) is 0.777. The molecule has 94 valence electrons. The van der Waals surface area contributed by atoms with E-state index in [9.17, 15) is 4.79 Å². The van der Waals surface area contributed by atoms with E-state index >= 15 is 0 Å². The molecule has 1 N–H and O–H groups in total. The highest BCUT2D eigenvalue weighted by molar-refractivity contribution is 9.10. The van der Waals surface area contributed by atoms with E-state index in [1.54, 1.807) is 18.3 Å². The van der Waals surface area contributed by atoms with Crippen molar-refractivity contribution in [3.05, 3.63) is 52.8 Å². The summed E-state index contributed by atoms with van der Waals surface area (Å²) in [4.78, 5) is 20.3. The number of hydrogen-bond acceptors (Lipinski definition) is 4. The zero-order chi connectivity index (χ0) is 13.2. The fourth-order valence-corrected chi connectivity index (χ4v) is 3.11. The fraction of sp³-hybridized carbons (Fsp3) is 0. The molecule has 4 nitrogen and oxygen atoms in total. The van der Waals surface area contributed by atoms with Crippen LogP contribution in [0.15, 0.2) is 47.2 Å². The number of rotatable bonds is 2. The third kappa shape index (κ3) is 2.50. The molecule has 0 bridgehead atoms. The molecule has 19 heavy (non-hydrogen) atoms. The Hall–Kier alpha value is -1.79. The van der Waals surface area contributed by atoms with Crippen LogP contribution in [0.3, 0.4) is 0 Å². The summed E-state index contributed by atoms with van der Waals surface area (Å²) >= 11 is 4.88. The molecular weight excluding hydrogens is 326 g/mol. The highest BCUT2D eigenvalue weighted by Gasteiger charge is 2.10. The normalized spacial score (nSPS) is 10.6. The van der Waals surface area contributed by atoms with Gasteiger partial charge in [0.05, 0.1) is 15.8 Å². The number of anilines is 1. The Morgan fingerprint density at radius 3 is 2.89 bits per heavy atom. The molecule has 0 fully saturated rings. The summed E-state index contributed by atoms with van der Waals surface area (Å²) in [5.74, 6) is -0.205. The van der Waals surface area contributed by atoms with Crippen molar-refractivity contribution >= 4 is 48.5 Å². The van der Waals surface area contributed by atoms with Crippen LogP contribution in [0.25, 0.3) is 10.2 Å². The van der Waals surface area contributed by atoms with Crippen molar-refractivity contribution < 1.29 is 4.79 Å². The number of hydrogen-bond donors (Lipinski definition) is 1. The number of nitrogens with one attached hydrogen (secondary N) is 1. The van der Waals surface area contributed by atoms with E-state index in [-0.39, 0.29) is 5.91 Å². The van der Waals surface area contributed by atoms with Gasteiger partial charge >= 0.3 is 0 Å². The number of nitrogens with zero attached hydrogens (tertiary/aromatic N) is 2. The molecule has 0 radical (unpaired) electrons. The Bertz CT molecular complexity index is 742. The zero-order valence-electron chi connectivity index (χ0n) is 9.63. The molecule has 1 aromatic carbocycles. The van der Waals surface area contributed by atoms with Crippen LogP contribution in [-0.4, -0.2) is 15.9 Å². The number of carbonyl (C=O) groups excluding carboxylic acids is 1. The topological polar surface area (TPSA) is 54.9 Å². The number of para-hydroxylation sites is 1. The van der Waals surface area contributed by atoms with Crippen LogP contribution in [0.4, 0.5) is 5.13 Å². The van der Waals surface area contributed by atoms with Gasteiger partial charge in [0.2, 0.25) is 0 Å². The second-order valence-corrected chi connectivity index (χ2v) is 5.69. The molecule has 1 amide bonds. The van der Waals surface area contributed by atoms with Gasteiger partial charge in [0.1, 0.15) is 0 Å². The molecule has 0 aliphatic rings. The molecule has 2 aromatic heterocycles. The summed E-state index contributed by atoms with van der Waals surface area (Å²) in [5, 5.41) is 3.36. The number of benzene rings is 1. The lowest BCUT2D eigenvalue weighted by Gasteiger charge is -1.99. The molecule has 6 heteroatoms. The minimum Gasteiger partial charge on any atom is -0.298 e. The fourth-order valence-electron chi connectivity index (χ4n) is 1.63. The van der Waals surface area contributed by atoms with Crippen LogP contribution in [0, 0.1) is 0 Å². The lowest BCUT2D eigenvalue weighted by atomic mass is 10.3. The number of amides is 1. The molecule has 0 unspecified atom stereocenters. The van der Waals surface area contributed by atoms with Crippen LogP contribution < -0.4 is 5.32 Å². The van der Waals surface area contributed by atoms with E-state index in [1.165, 1.54) is 17.5 Å². The summed E-state index contributed by atoms with van der Waals surface area (Å²) in [6.07, 6.45) is 3.16. The maximum atomic E-state index is 12.0. The first-order valence-electron chi connectivity index (χ1n) is 5.50. The molecule has 0 spiro atoms. The van der Waals surface area contributed by atoms with Crippen LogP contribution in [0.2, 0.25) is 0 Å². The van der Waals surface area contributed by atoms with E-state index in [1.807, 2.05) is 18.2 Å². The van der Waals surface area contributed by atoms with E-state index < -0.39 is 0 Å². The molecule has 0 aliphatic carbocycles. The number of carbonyl (C=O) groups is 1. The molecule has 0 saturated heterocycles. The SMILES string of the molecule is O=C(Nc1nc2c(Br)cccc2s1)c1cccnc1. The monoisotopic (exact) mass is 333 g/mol. The van der Waals surface area contributed by atoms with Gasteiger partial charge in [-0.05, 0) is 40.2 Å². The predicted octanol–water partition coefficient (Wildman–Crippen LogP) is 3.71. The number of pyridine rings is 1. The summed E-state index contributed by atoms with van der Waals surface area (Å²) in [6.45, 7) is 0. The van der Waals surface area contributed by atoms with Gasteiger partial charge in [0.25, 0.3) is 5.91 Å². The van der Waals surface area contributed by atoms with E-state index in [0.717, 1.165) is 14.7 Å². The predicted molar refractivity (Wildman–Crippen MR) is 79.5 cm³/mol. The average molecular weight is 334 g/mol. The lowest BCUT2D eigenvalue weighted by molar-refractivity contribution is 0.102. The molecule has 2 heterocycles. The number of halogens is 1. The lowest BCUT2D eigenvalue weighted by Crippen LogP contribution is -2.11. The maximum absolute atomic E-state index is 12.0. The second-order valence-electron chi connectivity index (χ2n) is 3.80. The first-order chi connectivity index (χ1) is 9.24. The average Bonchev–Trinajstić information content (AvgIpc) is 2.84. The van der Waals surface area contributed by atoms with Gasteiger partial charge in [-0.2, -0.15) is 0 Å². The minimum atomic E-state index is -0.205. The summed E-state index contributed by atoms with van der Waals surface area (Å²) < 4.78 is 1.94. The standard InChI is InChI=1S/C13H8BrN3OS/c14-9-4-1-5-10-11(9)16-13(19-10)17-12(18)8-3-2-6-15-7-8/h1-7H,(H,16,17,18). The Kier molecular flexibility index (Phi) is 3.27. The smallest absolute Gasteiger partial charge is 0.259 e. The van der Waals surface area contributed by atoms with Gasteiger partial charge in [0, 0.05) is 16.9 Å². The molecule has 3 aromatic rings. The van der Waals surface area contributed by atoms with Gasteiger partial charge in [-0.1, -0.05) is 17.4 Å². The third-order valence-electron chi connectivity index (χ3n) is 2.51. The minimum absolute atomic E-state index is 0.205. The summed E-state index contributed by atoms with van der Waals surface area (Å²) in [6, 6.07) is 9.28. The van der Waals surface area contributed by atoms with Crippen molar-refractivity contribution in [2.45, 2.75) is 0 Å². The van der Waals surface area contributed by atoms with Crippen LogP contribution in [0.1, 0.15) is 10.4 Å². The number of fused-ring (bicyclic) bond motifs is 1. The van der Waals surface area contributed by atoms with Crippen LogP contribution >= 0.6 is 27.3 Å². The largest absolute Gasteiger partial charge is 0.298 e. The summed E-state index contributed by atoms with van der Waals surface area (Å²) in [7, 11) is 0.